The van der Waals surface area contributed by atoms with Crippen LogP contribution < -0.4 is 4.74 Å². The summed E-state index contributed by atoms with van der Waals surface area (Å²) in [5, 5.41) is 3.50. The summed E-state index contributed by atoms with van der Waals surface area (Å²) in [4.78, 5) is 5.62. The molecule has 0 aromatic heterocycles. The van der Waals surface area contributed by atoms with Crippen LogP contribution in [0.15, 0.2) is 18.2 Å². The summed E-state index contributed by atoms with van der Waals surface area (Å²) in [5.41, 5.74) is -3.96. The largest absolute Gasteiger partial charge is 0.492 e. The normalized spacial score (nSPS) is 22.4. The van der Waals surface area contributed by atoms with Crippen molar-refractivity contribution < 1.29 is 78.7 Å². The van der Waals surface area contributed by atoms with Gasteiger partial charge in [-0.1, -0.05) is 41.5 Å². The maximum Gasteiger partial charge on any atom is 0.435 e. The molecule has 0 aliphatic heterocycles. The standard InChI is InChI=1S/C50H79F9N3O7PS2.CH4O/c1-36(2)62(37(3)4)70(68-28-21-60-7)69-35-38(5)12-9-24-63-30-32-71-72-33-31-64-25-10-22-61(8)23-29-65-40-14-16-41-39(34-40)13-15-43-42(41)19-20-46(6)44(43)17-18-45(46)66-26-11-27-67-47(48(51,52)53,49(54,55)56)50(57,58)59;1-2/h14,16,34,36-38,42-45H,9-13,15,17-33,35H2,1-6,8H3;2H,1H3/t38?,42-,43-,44+,45+,46+,70?;/m1./s1/i5D;2T. The summed E-state index contributed by atoms with van der Waals surface area (Å²) in [5.74, 6) is 3.72. The minimum absolute atomic E-state index is 0.0990. The highest BCUT2D eigenvalue weighted by atomic mass is 33.1. The lowest BCUT2D eigenvalue weighted by molar-refractivity contribution is -0.457. The topological polar surface area (TPSA) is 95.7 Å². The molecule has 0 heterocycles. The Hall–Kier alpha value is -1.35. The number of ether oxygens (including phenoxy) is 5. The third kappa shape index (κ3) is 19.5. The summed E-state index contributed by atoms with van der Waals surface area (Å²) in [6.07, 6.45) is -13.5. The second-order valence-corrected chi connectivity index (χ2v) is 24.0. The molecule has 4 rings (SSSR count). The van der Waals surface area contributed by atoms with Gasteiger partial charge in [0.1, 0.15) is 19.0 Å². The van der Waals surface area contributed by atoms with E-state index in [9.17, 15) is 39.5 Å². The van der Waals surface area contributed by atoms with Gasteiger partial charge in [0, 0.05) is 65.0 Å². The molecular weight excluding hydrogens is 1050 g/mol. The number of hydrogen-bond donors (Lipinski definition) is 1. The van der Waals surface area contributed by atoms with Crippen molar-refractivity contribution in [1.29, 1.82) is 1.43 Å². The molecule has 1 aromatic rings. The Kier molecular flexibility index (Phi) is 28.0. The van der Waals surface area contributed by atoms with Crippen molar-refractivity contribution in [3.8, 4) is 5.75 Å². The monoisotopic (exact) mass is 1130 g/mol. The second kappa shape index (κ2) is 32.7. The van der Waals surface area contributed by atoms with Crippen molar-refractivity contribution in [2.45, 2.75) is 154 Å². The molecule has 430 valence electrons. The maximum atomic E-state index is 13.2. The third-order valence-electron chi connectivity index (χ3n) is 14.0. The van der Waals surface area contributed by atoms with Crippen LogP contribution in [0.5, 0.6) is 5.75 Å². The number of likely N-dealkylation sites (N-methyl/N-ethyl adjacent to an activating group) is 1. The van der Waals surface area contributed by atoms with Crippen molar-refractivity contribution >= 4 is 30.1 Å². The zero-order valence-electron chi connectivity index (χ0n) is 46.2. The second-order valence-electron chi connectivity index (χ2n) is 19.8. The van der Waals surface area contributed by atoms with Gasteiger partial charge >= 0.3 is 24.1 Å². The summed E-state index contributed by atoms with van der Waals surface area (Å²) < 4.78 is 175. The van der Waals surface area contributed by atoms with Crippen LogP contribution in [-0.4, -0.2) is 163 Å². The summed E-state index contributed by atoms with van der Waals surface area (Å²) >= 11 is 0. The molecule has 2 fully saturated rings. The number of benzene rings is 1. The van der Waals surface area contributed by atoms with E-state index in [-0.39, 0.29) is 43.0 Å². The lowest BCUT2D eigenvalue weighted by atomic mass is 9.55. The van der Waals surface area contributed by atoms with Gasteiger partial charge in [-0.25, -0.2) is 11.2 Å². The van der Waals surface area contributed by atoms with Gasteiger partial charge in [0.2, 0.25) is 7.98 Å². The SMILES string of the molecule is [2H]CC(CCCOCCSSCCOCCCN(C)CCOc1ccc2c(c1)CC[C@@H]1[C@@H]2CC[C@]2(C)[C@@H](OCCCOC(C(F)(F)F)(C(F)(F)F)C(F)(F)F)CC[C@@H]12)COP(OCC[N+]#[C-])N(C(C)C)C(C)C.[3H]OC. The molecule has 0 bridgehead atoms. The van der Waals surface area contributed by atoms with Crippen molar-refractivity contribution in [3.05, 3.63) is 40.7 Å². The Morgan fingerprint density at radius 2 is 1.50 bits per heavy atom. The molecule has 3 aliphatic carbocycles. The first-order valence-electron chi connectivity index (χ1n) is 26.8. The number of aliphatic hydroxyl groups is 1. The zero-order valence-corrected chi connectivity index (χ0v) is 46.8. The number of hydrogen-bond acceptors (Lipinski definition) is 12. The van der Waals surface area contributed by atoms with Gasteiger partial charge < -0.3 is 47.6 Å². The predicted molar refractivity (Wildman–Crippen MR) is 275 cm³/mol. The highest BCUT2D eigenvalue weighted by Gasteiger charge is 2.85. The van der Waals surface area contributed by atoms with E-state index in [1.54, 1.807) is 21.6 Å². The van der Waals surface area contributed by atoms with Crippen LogP contribution in [0.3, 0.4) is 0 Å². The summed E-state index contributed by atoms with van der Waals surface area (Å²) in [7, 11) is 5.62. The molecule has 0 radical (unpaired) electrons. The Balaban J connectivity index is 0.00000495. The molecule has 11 nitrogen and oxygen atoms in total. The first-order chi connectivity index (χ1) is 35.9. The zero-order chi connectivity index (χ0) is 56.6. The van der Waals surface area contributed by atoms with Crippen LogP contribution >= 0.6 is 30.1 Å². The number of aliphatic hydroxyl groups excluding tert-OH is 1. The fourth-order valence-electron chi connectivity index (χ4n) is 10.5. The predicted octanol–water partition coefficient (Wildman–Crippen LogP) is 13.2. The Labute approximate surface area is 446 Å². The average molecular weight is 1140 g/mol. The molecule has 1 aromatic carbocycles. The molecule has 0 spiro atoms. The molecule has 1 N–H and O–H groups in total. The van der Waals surface area contributed by atoms with Gasteiger partial charge in [0.15, 0.2) is 0 Å². The van der Waals surface area contributed by atoms with E-state index < -0.39 is 45.7 Å². The van der Waals surface area contributed by atoms with Gasteiger partial charge in [-0.15, -0.1) is 0 Å². The van der Waals surface area contributed by atoms with Gasteiger partial charge in [-0.2, -0.15) is 39.5 Å². The van der Waals surface area contributed by atoms with E-state index in [1.807, 2.05) is 6.07 Å². The lowest BCUT2D eigenvalue weighted by Crippen LogP contribution is -2.67. The first kappa shape index (κ1) is 63.5. The first-order valence-corrected chi connectivity index (χ1v) is 29.3. The van der Waals surface area contributed by atoms with Gasteiger partial charge in [0.05, 0.1) is 32.5 Å². The molecule has 0 saturated heterocycles. The number of halogens is 9. The fourth-order valence-corrected chi connectivity index (χ4v) is 13.9. The van der Waals surface area contributed by atoms with Crippen LogP contribution in [0.1, 0.15) is 118 Å². The molecular formula is C51H83F9N3O8PS2. The van der Waals surface area contributed by atoms with Crippen LogP contribution in [-0.2, 0) is 34.4 Å². The van der Waals surface area contributed by atoms with E-state index in [1.165, 1.54) is 18.2 Å². The highest BCUT2D eigenvalue weighted by molar-refractivity contribution is 8.76. The molecule has 74 heavy (non-hydrogen) atoms. The van der Waals surface area contributed by atoms with Crippen LogP contribution in [0.2, 0.25) is 0 Å². The smallest absolute Gasteiger partial charge is 0.435 e. The highest BCUT2D eigenvalue weighted by Crippen LogP contribution is 2.62. The fraction of sp³-hybridized carbons (Fsp3) is 0.863. The molecule has 2 saturated carbocycles. The Morgan fingerprint density at radius 3 is 2.11 bits per heavy atom. The van der Waals surface area contributed by atoms with E-state index in [4.69, 9.17) is 37.4 Å². The Morgan fingerprint density at radius 1 is 0.851 bits per heavy atom. The minimum atomic E-state index is -6.75. The minimum Gasteiger partial charge on any atom is -0.492 e. The van der Waals surface area contributed by atoms with Crippen molar-refractivity contribution in [3.63, 3.8) is 0 Å². The molecule has 3 aliphatic rings. The van der Waals surface area contributed by atoms with E-state index >= 15 is 0 Å². The van der Waals surface area contributed by atoms with Gasteiger partial charge in [-0.3, -0.25) is 0 Å². The third-order valence-corrected chi connectivity index (χ3v) is 18.4. The van der Waals surface area contributed by atoms with Crippen LogP contribution in [0.4, 0.5) is 39.5 Å². The summed E-state index contributed by atoms with van der Waals surface area (Å²) in [6, 6.07) is 6.81. The number of fused-ring (bicyclic) bond motifs is 5. The van der Waals surface area contributed by atoms with Gasteiger partial charge in [0.25, 0.3) is 8.53 Å². The van der Waals surface area contributed by atoms with E-state index in [0.717, 1.165) is 81.7 Å². The molecule has 2 unspecified atom stereocenters. The molecule has 0 amide bonds. The summed E-state index contributed by atoms with van der Waals surface area (Å²) in [6.45, 7) is 22.1. The van der Waals surface area contributed by atoms with Gasteiger partial charge in [-0.05, 0) is 151 Å². The maximum absolute atomic E-state index is 13.2. The van der Waals surface area contributed by atoms with Crippen molar-refractivity contribution in [2.75, 3.05) is 105 Å². The quantitative estimate of drug-likeness (QED) is 0.0234. The van der Waals surface area contributed by atoms with E-state index in [0.29, 0.717) is 77.0 Å². The average Bonchev–Trinajstić information content (AvgIpc) is 3.67. The number of aryl methyl sites for hydroxylation is 1. The number of alkyl halides is 9. The van der Waals surface area contributed by atoms with Crippen molar-refractivity contribution in [2.24, 2.45) is 23.2 Å². The molecule has 7 atom stereocenters. The van der Waals surface area contributed by atoms with Crippen LogP contribution in [0, 0.1) is 29.7 Å². The lowest BCUT2D eigenvalue weighted by Gasteiger charge is -2.50. The Bertz CT molecular complexity index is 1770. The number of rotatable bonds is 34. The van der Waals surface area contributed by atoms with E-state index in [2.05, 4.69) is 78.1 Å². The number of nitrogens with zero attached hydrogens (tertiary/aromatic N) is 3. The van der Waals surface area contributed by atoms with Crippen LogP contribution in [0.25, 0.3) is 4.85 Å². The molecule has 23 heteroatoms. The van der Waals surface area contributed by atoms with Crippen molar-refractivity contribution in [1.82, 2.24) is 9.57 Å².